The monoisotopic (exact) mass is 285 g/mol. The Labute approximate surface area is 124 Å². The van der Waals surface area contributed by atoms with E-state index in [1.165, 1.54) is 0 Å². The average Bonchev–Trinajstić information content (AvgIpc) is 2.87. The topological polar surface area (TPSA) is 63.1 Å². The second-order valence-electron chi connectivity index (χ2n) is 5.18. The molecule has 5 heteroatoms. The van der Waals surface area contributed by atoms with Gasteiger partial charge in [0, 0.05) is 30.5 Å². The second-order valence-corrected chi connectivity index (χ2v) is 5.18. The summed E-state index contributed by atoms with van der Waals surface area (Å²) in [5.41, 5.74) is 1.99. The molecule has 2 aromatic rings. The van der Waals surface area contributed by atoms with Crippen LogP contribution in [-0.4, -0.2) is 16.4 Å². The van der Waals surface area contributed by atoms with Gasteiger partial charge >= 0.3 is 0 Å². The van der Waals surface area contributed by atoms with Crippen LogP contribution >= 0.6 is 0 Å². The van der Waals surface area contributed by atoms with Crippen LogP contribution in [0.25, 0.3) is 0 Å². The third-order valence-electron chi connectivity index (χ3n) is 3.11. The van der Waals surface area contributed by atoms with Crippen LogP contribution in [0, 0.1) is 5.92 Å². The summed E-state index contributed by atoms with van der Waals surface area (Å²) in [7, 11) is 1.82. The molecule has 0 radical (unpaired) electrons. The quantitative estimate of drug-likeness (QED) is 0.907. The minimum absolute atomic E-state index is 0.0319. The van der Waals surface area contributed by atoms with Crippen molar-refractivity contribution in [2.24, 2.45) is 13.0 Å². The van der Waals surface area contributed by atoms with Crippen molar-refractivity contribution in [3.63, 3.8) is 0 Å². The van der Waals surface area contributed by atoms with Gasteiger partial charge in [-0.05, 0) is 36.4 Å². The molecule has 1 heterocycles. The Hall–Kier alpha value is -2.56. The van der Waals surface area contributed by atoms with Crippen LogP contribution in [-0.2, 0) is 11.8 Å². The Morgan fingerprint density at radius 3 is 2.05 bits per heavy atom. The molecule has 0 unspecified atom stereocenters. The zero-order chi connectivity index (χ0) is 15.4. The van der Waals surface area contributed by atoms with Crippen LogP contribution in [0.15, 0.2) is 42.6 Å². The number of carbonyl (C=O) groups is 2. The lowest BCUT2D eigenvalue weighted by Gasteiger charge is -2.09. The van der Waals surface area contributed by atoms with Crippen LogP contribution in [0.1, 0.15) is 24.3 Å². The van der Waals surface area contributed by atoms with Crippen LogP contribution in [0.5, 0.6) is 0 Å². The van der Waals surface area contributed by atoms with Crippen LogP contribution in [0.3, 0.4) is 0 Å². The lowest BCUT2D eigenvalue weighted by molar-refractivity contribution is -0.118. The molecule has 21 heavy (non-hydrogen) atoms. The fraction of sp³-hybridized carbons (Fsp3) is 0.250. The van der Waals surface area contributed by atoms with E-state index in [-0.39, 0.29) is 17.7 Å². The van der Waals surface area contributed by atoms with Crippen molar-refractivity contribution in [1.29, 1.82) is 0 Å². The zero-order valence-electron chi connectivity index (χ0n) is 12.4. The van der Waals surface area contributed by atoms with Gasteiger partial charge in [0.15, 0.2) is 0 Å². The maximum absolute atomic E-state index is 12.0. The fourth-order valence-corrected chi connectivity index (χ4v) is 1.82. The van der Waals surface area contributed by atoms with Gasteiger partial charge in [-0.25, -0.2) is 0 Å². The largest absolute Gasteiger partial charge is 0.347 e. The Bertz CT molecular complexity index is 642. The maximum Gasteiger partial charge on any atom is 0.272 e. The molecule has 1 aromatic heterocycles. The summed E-state index contributed by atoms with van der Waals surface area (Å²) in [6.45, 7) is 3.67. The molecule has 5 nitrogen and oxygen atoms in total. The Balaban J connectivity index is 2.01. The van der Waals surface area contributed by atoms with Gasteiger partial charge in [-0.1, -0.05) is 13.8 Å². The number of nitrogens with one attached hydrogen (secondary N) is 2. The summed E-state index contributed by atoms with van der Waals surface area (Å²) in [5, 5.41) is 5.62. The average molecular weight is 285 g/mol. The number of benzene rings is 1. The summed E-state index contributed by atoms with van der Waals surface area (Å²) in [5.74, 6) is -0.265. The summed E-state index contributed by atoms with van der Waals surface area (Å²) in [6.07, 6.45) is 1.82. The molecule has 0 aliphatic carbocycles. The molecule has 0 aliphatic heterocycles. The van der Waals surface area contributed by atoms with Crippen molar-refractivity contribution >= 4 is 23.2 Å². The van der Waals surface area contributed by atoms with Crippen LogP contribution < -0.4 is 10.6 Å². The number of amides is 2. The first-order chi connectivity index (χ1) is 9.97. The lowest BCUT2D eigenvalue weighted by Crippen LogP contribution is -2.18. The third-order valence-corrected chi connectivity index (χ3v) is 3.11. The SMILES string of the molecule is CC(C)C(=O)Nc1ccc(NC(=O)c2cccn2C)cc1. The van der Waals surface area contributed by atoms with Crippen molar-refractivity contribution < 1.29 is 9.59 Å². The molecular weight excluding hydrogens is 266 g/mol. The zero-order valence-corrected chi connectivity index (χ0v) is 12.4. The number of rotatable bonds is 4. The molecule has 2 N–H and O–H groups in total. The molecule has 0 saturated carbocycles. The molecule has 0 bridgehead atoms. The molecule has 0 fully saturated rings. The number of carbonyl (C=O) groups excluding carboxylic acids is 2. The van der Waals surface area contributed by atoms with E-state index >= 15 is 0 Å². The van der Waals surface area contributed by atoms with Gasteiger partial charge in [0.1, 0.15) is 5.69 Å². The first kappa shape index (κ1) is 14.8. The number of hydrogen-bond acceptors (Lipinski definition) is 2. The maximum atomic E-state index is 12.0. The molecule has 0 saturated heterocycles. The molecule has 0 aliphatic rings. The predicted molar refractivity (Wildman–Crippen MR) is 83.3 cm³/mol. The van der Waals surface area contributed by atoms with E-state index in [1.54, 1.807) is 34.9 Å². The van der Waals surface area contributed by atoms with Crippen molar-refractivity contribution in [3.05, 3.63) is 48.3 Å². The molecule has 0 atom stereocenters. The molecule has 110 valence electrons. The standard InChI is InChI=1S/C16H19N3O2/c1-11(2)15(20)17-12-6-8-13(9-7-12)18-16(21)14-5-4-10-19(14)3/h4-11H,1-3H3,(H,17,20)(H,18,21). The van der Waals surface area contributed by atoms with Gasteiger partial charge in [-0.2, -0.15) is 0 Å². The van der Waals surface area contributed by atoms with E-state index in [2.05, 4.69) is 10.6 Å². The lowest BCUT2D eigenvalue weighted by atomic mass is 10.2. The first-order valence-electron chi connectivity index (χ1n) is 6.81. The number of hydrogen-bond donors (Lipinski definition) is 2. The van der Waals surface area contributed by atoms with E-state index in [0.717, 1.165) is 0 Å². The highest BCUT2D eigenvalue weighted by Gasteiger charge is 2.10. The summed E-state index contributed by atoms with van der Waals surface area (Å²) < 4.78 is 1.76. The molecular formula is C16H19N3O2. The van der Waals surface area contributed by atoms with Gasteiger partial charge in [0.05, 0.1) is 0 Å². The number of aromatic nitrogens is 1. The van der Waals surface area contributed by atoms with Crippen molar-refractivity contribution in [3.8, 4) is 0 Å². The molecule has 2 amide bonds. The third kappa shape index (κ3) is 3.72. The highest BCUT2D eigenvalue weighted by Crippen LogP contribution is 2.15. The normalized spacial score (nSPS) is 10.5. The van der Waals surface area contributed by atoms with Crippen molar-refractivity contribution in [2.75, 3.05) is 10.6 Å². The van der Waals surface area contributed by atoms with E-state index in [1.807, 2.05) is 33.2 Å². The Morgan fingerprint density at radius 2 is 1.57 bits per heavy atom. The van der Waals surface area contributed by atoms with E-state index < -0.39 is 0 Å². The van der Waals surface area contributed by atoms with Gasteiger partial charge in [0.2, 0.25) is 5.91 Å². The minimum atomic E-state index is -0.165. The molecule has 0 spiro atoms. The highest BCUT2D eigenvalue weighted by atomic mass is 16.2. The first-order valence-corrected chi connectivity index (χ1v) is 6.81. The van der Waals surface area contributed by atoms with E-state index in [0.29, 0.717) is 17.1 Å². The van der Waals surface area contributed by atoms with Gasteiger partial charge in [-0.3, -0.25) is 9.59 Å². The van der Waals surface area contributed by atoms with Crippen molar-refractivity contribution in [2.45, 2.75) is 13.8 Å². The van der Waals surface area contributed by atoms with Crippen LogP contribution in [0.2, 0.25) is 0 Å². The van der Waals surface area contributed by atoms with Gasteiger partial charge in [-0.15, -0.1) is 0 Å². The summed E-state index contributed by atoms with van der Waals surface area (Å²) >= 11 is 0. The molecule has 2 rings (SSSR count). The predicted octanol–water partition coefficient (Wildman–Crippen LogP) is 2.87. The van der Waals surface area contributed by atoms with E-state index in [4.69, 9.17) is 0 Å². The fourth-order valence-electron chi connectivity index (χ4n) is 1.82. The van der Waals surface area contributed by atoms with Gasteiger partial charge in [0.25, 0.3) is 5.91 Å². The van der Waals surface area contributed by atoms with Crippen molar-refractivity contribution in [1.82, 2.24) is 4.57 Å². The van der Waals surface area contributed by atoms with Gasteiger partial charge < -0.3 is 15.2 Å². The summed E-state index contributed by atoms with van der Waals surface area (Å²) in [4.78, 5) is 23.6. The second kappa shape index (κ2) is 6.26. The number of nitrogens with zero attached hydrogens (tertiary/aromatic N) is 1. The Morgan fingerprint density at radius 1 is 1.00 bits per heavy atom. The number of aryl methyl sites for hydroxylation is 1. The minimum Gasteiger partial charge on any atom is -0.347 e. The highest BCUT2D eigenvalue weighted by molar-refractivity contribution is 6.03. The summed E-state index contributed by atoms with van der Waals surface area (Å²) in [6, 6.07) is 10.6. The number of anilines is 2. The smallest absolute Gasteiger partial charge is 0.272 e. The Kier molecular flexibility index (Phi) is 4.42. The molecule has 1 aromatic carbocycles. The van der Waals surface area contributed by atoms with E-state index in [9.17, 15) is 9.59 Å². The van der Waals surface area contributed by atoms with Crippen LogP contribution in [0.4, 0.5) is 11.4 Å².